The number of nitrogens with zero attached hydrogens (tertiary/aromatic N) is 5. The van der Waals surface area contributed by atoms with E-state index in [0.717, 1.165) is 5.82 Å². The molecule has 0 radical (unpaired) electrons. The van der Waals surface area contributed by atoms with Crippen LogP contribution in [0.2, 0.25) is 0 Å². The maximum atomic E-state index is 10.5. The molecule has 8 nitrogen and oxygen atoms in total. The molecule has 0 saturated carbocycles. The van der Waals surface area contributed by atoms with Gasteiger partial charge in [0.1, 0.15) is 18.5 Å². The molecule has 3 rings (SSSR count). The second-order valence-corrected chi connectivity index (χ2v) is 4.80. The number of anilines is 1. The number of carboxylic acids is 1. The Labute approximate surface area is 108 Å². The molecule has 1 saturated heterocycles. The molecule has 1 aliphatic rings. The van der Waals surface area contributed by atoms with Gasteiger partial charge in [-0.2, -0.15) is 0 Å². The quantitative estimate of drug-likeness (QED) is 0.816. The van der Waals surface area contributed by atoms with E-state index in [1.807, 2.05) is 11.8 Å². The number of carboxylic acid groups (broad SMARTS) is 1. The van der Waals surface area contributed by atoms with E-state index in [1.165, 1.54) is 0 Å². The predicted octanol–water partition coefficient (Wildman–Crippen LogP) is -0.196. The number of rotatable bonds is 4. The second-order valence-electron chi connectivity index (χ2n) is 4.80. The van der Waals surface area contributed by atoms with Crippen molar-refractivity contribution in [3.8, 4) is 0 Å². The van der Waals surface area contributed by atoms with Crippen molar-refractivity contribution in [2.75, 3.05) is 24.6 Å². The minimum absolute atomic E-state index is 0.285. The van der Waals surface area contributed by atoms with E-state index < -0.39 is 11.6 Å². The Bertz CT molecular complexity index is 620. The number of aliphatic carboxylic acids is 1. The third kappa shape index (κ3) is 2.10. The van der Waals surface area contributed by atoms with Crippen LogP contribution in [0.1, 0.15) is 6.92 Å². The van der Waals surface area contributed by atoms with Gasteiger partial charge in [-0.3, -0.25) is 4.40 Å². The van der Waals surface area contributed by atoms with Gasteiger partial charge in [0.15, 0.2) is 5.82 Å². The van der Waals surface area contributed by atoms with Gasteiger partial charge in [0.05, 0.1) is 13.1 Å². The number of hydrogen-bond donors (Lipinski definition) is 1. The Kier molecular flexibility index (Phi) is 2.59. The van der Waals surface area contributed by atoms with Gasteiger partial charge in [-0.1, -0.05) is 0 Å². The summed E-state index contributed by atoms with van der Waals surface area (Å²) in [4.78, 5) is 16.8. The number of fused-ring (bicyclic) bond motifs is 1. The van der Waals surface area contributed by atoms with Gasteiger partial charge in [-0.25, -0.2) is 9.78 Å². The molecule has 0 spiro atoms. The number of aromatic nitrogens is 4. The van der Waals surface area contributed by atoms with E-state index in [2.05, 4.69) is 15.2 Å². The Morgan fingerprint density at radius 1 is 1.58 bits per heavy atom. The van der Waals surface area contributed by atoms with Crippen molar-refractivity contribution in [2.45, 2.75) is 12.5 Å². The van der Waals surface area contributed by atoms with E-state index in [1.54, 1.807) is 23.1 Å². The Hall–Kier alpha value is -2.22. The Morgan fingerprint density at radius 3 is 3.11 bits per heavy atom. The summed E-state index contributed by atoms with van der Waals surface area (Å²) in [5.74, 6) is -0.228. The van der Waals surface area contributed by atoms with Crippen molar-refractivity contribution in [1.29, 1.82) is 0 Å². The lowest BCUT2D eigenvalue weighted by Gasteiger charge is -2.47. The lowest BCUT2D eigenvalue weighted by Crippen LogP contribution is -2.62. The molecule has 1 fully saturated rings. The highest BCUT2D eigenvalue weighted by molar-refractivity contribution is 5.68. The average molecular weight is 263 g/mol. The van der Waals surface area contributed by atoms with Gasteiger partial charge in [0.25, 0.3) is 0 Å². The van der Waals surface area contributed by atoms with Crippen LogP contribution in [-0.4, -0.2) is 56.0 Å². The van der Waals surface area contributed by atoms with E-state index in [4.69, 9.17) is 9.84 Å². The fourth-order valence-electron chi connectivity index (χ4n) is 2.21. The molecular formula is C11H13N5O3. The zero-order valence-electron chi connectivity index (χ0n) is 10.4. The second kappa shape index (κ2) is 4.16. The average Bonchev–Trinajstić information content (AvgIpc) is 2.81. The minimum atomic E-state index is -0.961. The first kappa shape index (κ1) is 11.8. The lowest BCUT2D eigenvalue weighted by molar-refractivity contribution is -0.150. The molecule has 3 heterocycles. The van der Waals surface area contributed by atoms with E-state index in [9.17, 15) is 4.79 Å². The molecule has 0 amide bonds. The third-order valence-electron chi connectivity index (χ3n) is 3.09. The zero-order valence-corrected chi connectivity index (χ0v) is 10.4. The molecular weight excluding hydrogens is 250 g/mol. The summed E-state index contributed by atoms with van der Waals surface area (Å²) in [7, 11) is 0. The maximum absolute atomic E-state index is 10.5. The predicted molar refractivity (Wildman–Crippen MR) is 65.0 cm³/mol. The van der Waals surface area contributed by atoms with Crippen LogP contribution in [0.3, 0.4) is 0 Å². The molecule has 0 unspecified atom stereocenters. The maximum Gasteiger partial charge on any atom is 0.329 e. The molecule has 2 aromatic rings. The monoisotopic (exact) mass is 263 g/mol. The molecule has 8 heteroatoms. The van der Waals surface area contributed by atoms with Crippen molar-refractivity contribution in [3.63, 3.8) is 0 Å². The highest BCUT2D eigenvalue weighted by Gasteiger charge is 2.41. The van der Waals surface area contributed by atoms with Crippen molar-refractivity contribution in [3.05, 3.63) is 18.7 Å². The summed E-state index contributed by atoms with van der Waals surface area (Å²) in [6.45, 7) is 2.77. The molecule has 0 aliphatic carbocycles. The number of carbonyl (C=O) groups is 1. The molecule has 1 aliphatic heterocycles. The van der Waals surface area contributed by atoms with Crippen LogP contribution in [0.5, 0.6) is 0 Å². The van der Waals surface area contributed by atoms with Crippen LogP contribution >= 0.6 is 0 Å². The zero-order chi connectivity index (χ0) is 13.5. The van der Waals surface area contributed by atoms with Gasteiger partial charge >= 0.3 is 5.97 Å². The van der Waals surface area contributed by atoms with Crippen LogP contribution < -0.4 is 4.90 Å². The largest absolute Gasteiger partial charge is 0.480 e. The SMILES string of the molecule is CC1(OCC(=O)O)CN(c2nccn3cnnc23)C1. The van der Waals surface area contributed by atoms with Crippen LogP contribution in [0.15, 0.2) is 18.7 Å². The summed E-state index contributed by atoms with van der Waals surface area (Å²) in [5, 5.41) is 16.5. The van der Waals surface area contributed by atoms with E-state index in [-0.39, 0.29) is 6.61 Å². The molecule has 19 heavy (non-hydrogen) atoms. The van der Waals surface area contributed by atoms with Gasteiger partial charge in [-0.15, -0.1) is 10.2 Å². The van der Waals surface area contributed by atoms with Crippen LogP contribution in [-0.2, 0) is 9.53 Å². The summed E-state index contributed by atoms with van der Waals surface area (Å²) in [6.07, 6.45) is 5.07. The first-order chi connectivity index (χ1) is 9.07. The third-order valence-corrected chi connectivity index (χ3v) is 3.09. The normalized spacial score (nSPS) is 17.4. The van der Waals surface area contributed by atoms with E-state index in [0.29, 0.717) is 18.7 Å². The number of hydrogen-bond acceptors (Lipinski definition) is 6. The smallest absolute Gasteiger partial charge is 0.329 e. The first-order valence-electron chi connectivity index (χ1n) is 5.82. The molecule has 0 bridgehead atoms. The molecule has 1 N–H and O–H groups in total. The first-order valence-corrected chi connectivity index (χ1v) is 5.82. The topological polar surface area (TPSA) is 92.9 Å². The van der Waals surface area contributed by atoms with Gasteiger partial charge < -0.3 is 14.7 Å². The van der Waals surface area contributed by atoms with Crippen LogP contribution in [0.4, 0.5) is 5.82 Å². The summed E-state index contributed by atoms with van der Waals surface area (Å²) >= 11 is 0. The van der Waals surface area contributed by atoms with Crippen molar-refractivity contribution in [2.24, 2.45) is 0 Å². The summed E-state index contributed by atoms with van der Waals surface area (Å²) in [5.41, 5.74) is 0.232. The highest BCUT2D eigenvalue weighted by atomic mass is 16.5. The van der Waals surface area contributed by atoms with Crippen LogP contribution in [0.25, 0.3) is 5.65 Å². The number of ether oxygens (including phenoxy) is 1. The standard InChI is InChI=1S/C11H13N5O3/c1-11(19-4-8(17)18)5-16(6-11)9-10-14-13-7-15(10)3-2-12-9/h2-3,7H,4-6H2,1H3,(H,17,18). The van der Waals surface area contributed by atoms with Gasteiger partial charge in [0, 0.05) is 12.4 Å². The lowest BCUT2D eigenvalue weighted by atomic mass is 9.96. The van der Waals surface area contributed by atoms with Crippen molar-refractivity contribution < 1.29 is 14.6 Å². The van der Waals surface area contributed by atoms with Gasteiger partial charge in [-0.05, 0) is 6.92 Å². The minimum Gasteiger partial charge on any atom is -0.480 e. The van der Waals surface area contributed by atoms with Crippen molar-refractivity contribution in [1.82, 2.24) is 19.6 Å². The highest BCUT2D eigenvalue weighted by Crippen LogP contribution is 2.30. The summed E-state index contributed by atoms with van der Waals surface area (Å²) < 4.78 is 7.15. The molecule has 2 aromatic heterocycles. The Morgan fingerprint density at radius 2 is 2.37 bits per heavy atom. The fourth-order valence-corrected chi connectivity index (χ4v) is 2.21. The van der Waals surface area contributed by atoms with Crippen molar-refractivity contribution >= 4 is 17.4 Å². The van der Waals surface area contributed by atoms with E-state index >= 15 is 0 Å². The molecule has 0 atom stereocenters. The molecule has 100 valence electrons. The van der Waals surface area contributed by atoms with Gasteiger partial charge in [0.2, 0.25) is 5.65 Å². The van der Waals surface area contributed by atoms with Crippen LogP contribution in [0, 0.1) is 0 Å². The summed E-state index contributed by atoms with van der Waals surface area (Å²) in [6, 6.07) is 0. The molecule has 0 aromatic carbocycles. The fraction of sp³-hybridized carbons (Fsp3) is 0.455. The Balaban J connectivity index is 1.73.